The summed E-state index contributed by atoms with van der Waals surface area (Å²) in [5.41, 5.74) is 2.51. The molecular weight excluding hydrogens is 508 g/mol. The fraction of sp³-hybridized carbons (Fsp3) is 0.281. The molecule has 0 N–H and O–H groups in total. The normalized spacial score (nSPS) is 18.6. The Bertz CT molecular complexity index is 1620. The number of ether oxygens (including phenoxy) is 3. The zero-order valence-electron chi connectivity index (χ0n) is 23.1. The van der Waals surface area contributed by atoms with Crippen LogP contribution in [0.1, 0.15) is 68.6 Å². The van der Waals surface area contributed by atoms with Gasteiger partial charge >= 0.3 is 17.9 Å². The second kappa shape index (κ2) is 8.45. The number of esters is 3. The van der Waals surface area contributed by atoms with Crippen LogP contribution in [0.25, 0.3) is 0 Å². The van der Waals surface area contributed by atoms with Gasteiger partial charge in [0.15, 0.2) is 0 Å². The number of fused-ring (bicyclic) bond motifs is 3. The molecule has 0 atom stereocenters. The van der Waals surface area contributed by atoms with Crippen LogP contribution in [0.3, 0.4) is 0 Å². The van der Waals surface area contributed by atoms with E-state index in [1.54, 1.807) is 36.4 Å². The maximum Gasteiger partial charge on any atom is 0.340 e. The number of aliphatic imine (C=N–C) groups is 2. The summed E-state index contributed by atoms with van der Waals surface area (Å²) in [6.45, 7) is 10.8. The lowest BCUT2D eigenvalue weighted by Crippen LogP contribution is -2.54. The molecule has 3 aliphatic heterocycles. The highest BCUT2D eigenvalue weighted by Gasteiger charge is 2.63. The van der Waals surface area contributed by atoms with E-state index in [0.29, 0.717) is 45.4 Å². The van der Waals surface area contributed by atoms with Crippen LogP contribution < -0.4 is 9.47 Å². The molecule has 0 radical (unpaired) electrons. The first-order chi connectivity index (χ1) is 18.9. The molecule has 0 saturated heterocycles. The third-order valence-electron chi connectivity index (χ3n) is 7.89. The monoisotopic (exact) mass is 536 g/mol. The number of rotatable bonds is 4. The molecule has 0 amide bonds. The maximum atomic E-state index is 13.5. The van der Waals surface area contributed by atoms with Crippen molar-refractivity contribution in [3.8, 4) is 11.5 Å². The average molecular weight is 537 g/mol. The largest absolute Gasteiger partial charge is 0.438 e. The van der Waals surface area contributed by atoms with Crippen LogP contribution in [0.5, 0.6) is 11.5 Å². The summed E-state index contributed by atoms with van der Waals surface area (Å²) in [6, 6.07) is 18.0. The van der Waals surface area contributed by atoms with Crippen molar-refractivity contribution in [1.82, 2.24) is 0 Å². The summed E-state index contributed by atoms with van der Waals surface area (Å²) in [5.74, 6) is -0.462. The van der Waals surface area contributed by atoms with E-state index >= 15 is 0 Å². The Morgan fingerprint density at radius 1 is 0.700 bits per heavy atom. The van der Waals surface area contributed by atoms with E-state index in [4.69, 9.17) is 24.2 Å². The molecule has 40 heavy (non-hydrogen) atoms. The fourth-order valence-electron chi connectivity index (χ4n) is 6.18. The van der Waals surface area contributed by atoms with Crippen molar-refractivity contribution in [3.05, 3.63) is 82.9 Å². The molecule has 8 nitrogen and oxygen atoms in total. The number of hydrogen-bond acceptors (Lipinski definition) is 8. The Morgan fingerprint density at radius 3 is 1.65 bits per heavy atom. The van der Waals surface area contributed by atoms with Gasteiger partial charge in [-0.15, -0.1) is 0 Å². The highest BCUT2D eigenvalue weighted by molar-refractivity contribution is 6.28. The van der Waals surface area contributed by atoms with Gasteiger partial charge in [-0.05, 0) is 53.6 Å². The van der Waals surface area contributed by atoms with Gasteiger partial charge in [-0.3, -0.25) is 19.6 Å². The molecule has 8 heteroatoms. The minimum Gasteiger partial charge on any atom is -0.438 e. The lowest BCUT2D eigenvalue weighted by Gasteiger charge is -2.40. The molecule has 0 bridgehead atoms. The smallest absolute Gasteiger partial charge is 0.340 e. The van der Waals surface area contributed by atoms with E-state index in [1.165, 1.54) is 13.8 Å². The Labute approximate surface area is 231 Å². The van der Waals surface area contributed by atoms with Crippen molar-refractivity contribution in [2.24, 2.45) is 9.98 Å². The Balaban J connectivity index is 1.57. The first-order valence-corrected chi connectivity index (χ1v) is 13.0. The van der Waals surface area contributed by atoms with Gasteiger partial charge in [0, 0.05) is 30.2 Å². The summed E-state index contributed by atoms with van der Waals surface area (Å²) in [7, 11) is 0. The van der Waals surface area contributed by atoms with E-state index in [2.05, 4.69) is 0 Å². The van der Waals surface area contributed by atoms with Gasteiger partial charge in [0.1, 0.15) is 11.5 Å². The molecule has 0 aliphatic carbocycles. The number of carbonyl (C=O) groups is 3. The fourth-order valence-corrected chi connectivity index (χ4v) is 6.18. The molecular formula is C32H28N2O6. The van der Waals surface area contributed by atoms with Crippen molar-refractivity contribution in [2.75, 3.05) is 0 Å². The van der Waals surface area contributed by atoms with E-state index in [0.717, 1.165) is 11.1 Å². The van der Waals surface area contributed by atoms with Gasteiger partial charge in [-0.1, -0.05) is 45.9 Å². The van der Waals surface area contributed by atoms with Gasteiger partial charge in [0.05, 0.1) is 28.4 Å². The van der Waals surface area contributed by atoms with E-state index < -0.39 is 34.3 Å². The molecule has 202 valence electrons. The standard InChI is InChI=1S/C32H28N2O6/c1-17(35)38-19-11-13-25-23(15-19)30(3,4)28(33-25)32(22-10-8-7-9-21(22)27(37)40-32)29-31(5,6)24-16-20(39-18(2)36)12-14-26(24)34-29/h7-16H,1-6H3. The maximum absolute atomic E-state index is 13.5. The van der Waals surface area contributed by atoms with Crippen molar-refractivity contribution >= 4 is 40.7 Å². The third kappa shape index (κ3) is 3.55. The lowest BCUT2D eigenvalue weighted by atomic mass is 9.65. The van der Waals surface area contributed by atoms with Crippen molar-refractivity contribution < 1.29 is 28.6 Å². The first kappa shape index (κ1) is 25.7. The topological polar surface area (TPSA) is 104 Å². The minimum absolute atomic E-state index is 0.414. The first-order valence-electron chi connectivity index (χ1n) is 13.0. The lowest BCUT2D eigenvalue weighted by molar-refractivity contribution is -0.132. The molecule has 3 aromatic carbocycles. The summed E-state index contributed by atoms with van der Waals surface area (Å²) in [5, 5.41) is 0. The molecule has 3 aliphatic rings. The van der Waals surface area contributed by atoms with Crippen LogP contribution >= 0.6 is 0 Å². The summed E-state index contributed by atoms with van der Waals surface area (Å²) < 4.78 is 17.2. The predicted molar refractivity (Wildman–Crippen MR) is 149 cm³/mol. The Morgan fingerprint density at radius 2 is 1.18 bits per heavy atom. The van der Waals surface area contributed by atoms with Crippen LogP contribution in [0.2, 0.25) is 0 Å². The minimum atomic E-state index is -1.41. The van der Waals surface area contributed by atoms with E-state index in [9.17, 15) is 14.4 Å². The second-order valence-electron chi connectivity index (χ2n) is 11.3. The number of cyclic esters (lactones) is 1. The van der Waals surface area contributed by atoms with Gasteiger partial charge in [0.25, 0.3) is 0 Å². The molecule has 0 fully saturated rings. The van der Waals surface area contributed by atoms with Crippen molar-refractivity contribution in [1.29, 1.82) is 0 Å². The van der Waals surface area contributed by atoms with Crippen molar-refractivity contribution in [2.45, 2.75) is 58.0 Å². The quantitative estimate of drug-likeness (QED) is 0.298. The van der Waals surface area contributed by atoms with Crippen LogP contribution in [0.4, 0.5) is 11.4 Å². The van der Waals surface area contributed by atoms with E-state index in [-0.39, 0.29) is 0 Å². The van der Waals surface area contributed by atoms with Gasteiger partial charge in [-0.25, -0.2) is 4.79 Å². The van der Waals surface area contributed by atoms with E-state index in [1.807, 2.05) is 52.0 Å². The molecule has 3 aromatic rings. The zero-order chi connectivity index (χ0) is 28.6. The van der Waals surface area contributed by atoms with Crippen molar-refractivity contribution in [3.63, 3.8) is 0 Å². The average Bonchev–Trinajstić information content (AvgIpc) is 3.43. The summed E-state index contributed by atoms with van der Waals surface area (Å²) in [4.78, 5) is 47.0. The van der Waals surface area contributed by atoms with Gasteiger partial charge in [-0.2, -0.15) is 0 Å². The molecule has 3 heterocycles. The Kier molecular flexibility index (Phi) is 5.43. The van der Waals surface area contributed by atoms with Gasteiger partial charge in [0.2, 0.25) is 5.60 Å². The number of benzene rings is 3. The molecule has 0 saturated carbocycles. The number of hydrogen-bond donors (Lipinski definition) is 0. The highest BCUT2D eigenvalue weighted by Crippen LogP contribution is 2.56. The van der Waals surface area contributed by atoms with Crippen LogP contribution in [-0.2, 0) is 30.8 Å². The molecule has 6 rings (SSSR count). The van der Waals surface area contributed by atoms with Crippen LogP contribution in [0.15, 0.2) is 70.6 Å². The van der Waals surface area contributed by atoms with Crippen LogP contribution in [-0.4, -0.2) is 29.3 Å². The molecule has 0 aromatic heterocycles. The number of carbonyl (C=O) groups excluding carboxylic acids is 3. The molecule has 0 spiro atoms. The zero-order valence-corrected chi connectivity index (χ0v) is 23.1. The summed E-state index contributed by atoms with van der Waals surface area (Å²) in [6.07, 6.45) is 0. The van der Waals surface area contributed by atoms with Gasteiger partial charge < -0.3 is 14.2 Å². The SMILES string of the molecule is CC(=O)Oc1ccc2c(c1)C(C)(C)C(C1(C3=Nc4ccc(OC(C)=O)cc4C3(C)C)OC(=O)c3ccccc31)=N2. The summed E-state index contributed by atoms with van der Waals surface area (Å²) >= 11 is 0. The molecule has 0 unspecified atom stereocenters. The second-order valence-corrected chi connectivity index (χ2v) is 11.3. The third-order valence-corrected chi connectivity index (χ3v) is 7.89. The Hall–Kier alpha value is -4.59. The number of nitrogens with zero attached hydrogens (tertiary/aromatic N) is 2. The highest BCUT2D eigenvalue weighted by atomic mass is 16.6. The van der Waals surface area contributed by atoms with Crippen LogP contribution in [0, 0.1) is 0 Å². The predicted octanol–water partition coefficient (Wildman–Crippen LogP) is 6.03.